The molecule has 0 aliphatic heterocycles. The van der Waals surface area contributed by atoms with E-state index in [9.17, 15) is 13.6 Å². The normalized spacial score (nSPS) is 11.1. The Bertz CT molecular complexity index is 1070. The van der Waals surface area contributed by atoms with Crippen LogP contribution >= 0.6 is 11.6 Å². The number of ether oxygens (including phenoxy) is 2. The minimum absolute atomic E-state index is 0.0502. The highest BCUT2D eigenvalue weighted by Crippen LogP contribution is 2.30. The number of carbonyl (C=O) groups is 1. The Morgan fingerprint density at radius 2 is 1.87 bits per heavy atom. The third-order valence-corrected chi connectivity index (χ3v) is 4.75. The van der Waals surface area contributed by atoms with Gasteiger partial charge in [0, 0.05) is 5.69 Å². The number of carbonyl (C=O) groups excluding carboxylic acids is 1. The number of amides is 1. The number of aryl methyl sites for hydroxylation is 1. The first kappa shape index (κ1) is 22.6. The zero-order valence-corrected chi connectivity index (χ0v) is 18.0. The molecule has 8 heteroatoms. The molecule has 0 radical (unpaired) electrons. The first-order valence-corrected chi connectivity index (χ1v) is 9.98. The lowest BCUT2D eigenvalue weighted by molar-refractivity contribution is -0.0497. The molecule has 0 saturated heterocycles. The van der Waals surface area contributed by atoms with E-state index in [1.54, 1.807) is 6.07 Å². The van der Waals surface area contributed by atoms with E-state index in [0.717, 1.165) is 16.9 Å². The Morgan fingerprint density at radius 1 is 1.10 bits per heavy atom. The Kier molecular flexibility index (Phi) is 7.17. The number of anilines is 1. The molecule has 3 rings (SSSR count). The highest BCUT2D eigenvalue weighted by atomic mass is 35.5. The minimum Gasteiger partial charge on any atom is -0.485 e. The van der Waals surface area contributed by atoms with Gasteiger partial charge < -0.3 is 19.2 Å². The predicted octanol–water partition coefficient (Wildman–Crippen LogP) is 6.80. The maximum Gasteiger partial charge on any atom is 0.387 e. The van der Waals surface area contributed by atoms with Gasteiger partial charge in [0.05, 0.1) is 5.02 Å². The largest absolute Gasteiger partial charge is 0.485 e. The molecule has 0 aliphatic carbocycles. The van der Waals surface area contributed by atoms with Crippen LogP contribution in [0.2, 0.25) is 5.02 Å². The van der Waals surface area contributed by atoms with E-state index in [0.29, 0.717) is 17.4 Å². The van der Waals surface area contributed by atoms with Crippen molar-refractivity contribution in [2.24, 2.45) is 0 Å². The summed E-state index contributed by atoms with van der Waals surface area (Å²) in [5.41, 5.74) is 2.49. The summed E-state index contributed by atoms with van der Waals surface area (Å²) in [6, 6.07) is 13.2. The molecule has 0 bridgehead atoms. The van der Waals surface area contributed by atoms with Crippen molar-refractivity contribution in [1.29, 1.82) is 0 Å². The fraction of sp³-hybridized carbons (Fsp3) is 0.261. The quantitative estimate of drug-likeness (QED) is 0.411. The molecule has 0 aliphatic rings. The first-order valence-electron chi connectivity index (χ1n) is 9.60. The number of hydrogen-bond acceptors (Lipinski definition) is 4. The van der Waals surface area contributed by atoms with Gasteiger partial charge in [-0.3, -0.25) is 4.79 Å². The summed E-state index contributed by atoms with van der Waals surface area (Å²) < 4.78 is 40.4. The van der Waals surface area contributed by atoms with Gasteiger partial charge in [0.1, 0.15) is 23.9 Å². The Labute approximate surface area is 183 Å². The van der Waals surface area contributed by atoms with Gasteiger partial charge in [-0.25, -0.2) is 0 Å². The fourth-order valence-corrected chi connectivity index (χ4v) is 3.16. The van der Waals surface area contributed by atoms with Crippen LogP contribution in [0.15, 0.2) is 52.9 Å². The Balaban J connectivity index is 1.64. The number of alkyl halides is 2. The van der Waals surface area contributed by atoms with Crippen molar-refractivity contribution < 1.29 is 27.5 Å². The summed E-state index contributed by atoms with van der Waals surface area (Å²) in [5.74, 6) is 0.958. The minimum atomic E-state index is -2.99. The molecule has 0 unspecified atom stereocenters. The number of furan rings is 1. The Hall–Kier alpha value is -3.06. The SMILES string of the molecule is Cc1ccc(C(C)C)c(OCc2ccc(C(=O)Nc3ccc(OC(F)F)c(Cl)c3)o2)c1. The molecule has 0 saturated carbocycles. The van der Waals surface area contributed by atoms with E-state index in [2.05, 4.69) is 23.9 Å². The summed E-state index contributed by atoms with van der Waals surface area (Å²) in [6.07, 6.45) is 0. The van der Waals surface area contributed by atoms with Crippen LogP contribution in [0.1, 0.15) is 47.2 Å². The lowest BCUT2D eigenvalue weighted by Gasteiger charge is -2.14. The second kappa shape index (κ2) is 9.83. The van der Waals surface area contributed by atoms with E-state index in [1.165, 1.54) is 24.3 Å². The zero-order valence-electron chi connectivity index (χ0n) is 17.2. The van der Waals surface area contributed by atoms with Crippen LogP contribution in [0.25, 0.3) is 0 Å². The summed E-state index contributed by atoms with van der Waals surface area (Å²) in [7, 11) is 0. The molecule has 0 atom stereocenters. The van der Waals surface area contributed by atoms with Gasteiger partial charge in [0.2, 0.25) is 0 Å². The van der Waals surface area contributed by atoms with Crippen molar-refractivity contribution in [2.75, 3.05) is 5.32 Å². The first-order chi connectivity index (χ1) is 14.7. The van der Waals surface area contributed by atoms with Crippen molar-refractivity contribution >= 4 is 23.2 Å². The van der Waals surface area contributed by atoms with Crippen LogP contribution in [-0.2, 0) is 6.61 Å². The standard InChI is InChI=1S/C23H22ClF2NO4/c1-13(2)17-7-4-14(3)10-21(17)29-12-16-6-9-20(30-16)22(28)27-15-5-8-19(18(24)11-15)31-23(25)26/h4-11,13,23H,12H2,1-3H3,(H,27,28). The van der Waals surface area contributed by atoms with Crippen LogP contribution in [0.4, 0.5) is 14.5 Å². The van der Waals surface area contributed by atoms with Crippen LogP contribution in [0, 0.1) is 6.92 Å². The second-order valence-electron chi connectivity index (χ2n) is 7.23. The number of hydrogen-bond donors (Lipinski definition) is 1. The van der Waals surface area contributed by atoms with E-state index in [4.69, 9.17) is 20.8 Å². The van der Waals surface area contributed by atoms with Crippen molar-refractivity contribution in [2.45, 2.75) is 39.9 Å². The summed E-state index contributed by atoms with van der Waals surface area (Å²) in [4.78, 5) is 12.4. The lowest BCUT2D eigenvalue weighted by atomic mass is 10.0. The topological polar surface area (TPSA) is 60.7 Å². The average molecular weight is 450 g/mol. The highest BCUT2D eigenvalue weighted by molar-refractivity contribution is 6.32. The predicted molar refractivity (Wildman–Crippen MR) is 114 cm³/mol. The van der Waals surface area contributed by atoms with E-state index in [1.807, 2.05) is 25.1 Å². The van der Waals surface area contributed by atoms with Crippen LogP contribution in [0.3, 0.4) is 0 Å². The number of benzene rings is 2. The molecule has 0 spiro atoms. The maximum absolute atomic E-state index is 12.4. The van der Waals surface area contributed by atoms with Gasteiger partial charge in [0.25, 0.3) is 5.91 Å². The van der Waals surface area contributed by atoms with E-state index >= 15 is 0 Å². The average Bonchev–Trinajstić information content (AvgIpc) is 3.17. The molecule has 1 aromatic heterocycles. The molecular weight excluding hydrogens is 428 g/mol. The smallest absolute Gasteiger partial charge is 0.387 e. The molecule has 3 aromatic rings. The Morgan fingerprint density at radius 3 is 2.55 bits per heavy atom. The van der Waals surface area contributed by atoms with Crippen LogP contribution < -0.4 is 14.8 Å². The second-order valence-corrected chi connectivity index (χ2v) is 7.64. The van der Waals surface area contributed by atoms with Crippen molar-refractivity contribution in [3.8, 4) is 11.5 Å². The van der Waals surface area contributed by atoms with Gasteiger partial charge in [-0.1, -0.05) is 37.6 Å². The highest BCUT2D eigenvalue weighted by Gasteiger charge is 2.15. The fourth-order valence-electron chi connectivity index (χ4n) is 2.93. The number of rotatable bonds is 8. The molecule has 31 heavy (non-hydrogen) atoms. The molecule has 1 heterocycles. The van der Waals surface area contributed by atoms with Crippen LogP contribution in [-0.4, -0.2) is 12.5 Å². The number of halogens is 3. The third kappa shape index (κ3) is 5.98. The van der Waals surface area contributed by atoms with Gasteiger partial charge >= 0.3 is 6.61 Å². The molecule has 1 N–H and O–H groups in total. The monoisotopic (exact) mass is 449 g/mol. The van der Waals surface area contributed by atoms with Gasteiger partial charge in [-0.15, -0.1) is 0 Å². The van der Waals surface area contributed by atoms with E-state index < -0.39 is 12.5 Å². The van der Waals surface area contributed by atoms with Crippen molar-refractivity contribution in [1.82, 2.24) is 0 Å². The molecule has 1 amide bonds. The molecule has 2 aromatic carbocycles. The zero-order chi connectivity index (χ0) is 22.5. The number of nitrogens with one attached hydrogen (secondary N) is 1. The summed E-state index contributed by atoms with van der Waals surface area (Å²) >= 11 is 5.90. The van der Waals surface area contributed by atoms with Gasteiger partial charge in [0.15, 0.2) is 5.76 Å². The maximum atomic E-state index is 12.4. The summed E-state index contributed by atoms with van der Waals surface area (Å²) in [5, 5.41) is 2.55. The summed E-state index contributed by atoms with van der Waals surface area (Å²) in [6.45, 7) is 3.35. The molecule has 0 fully saturated rings. The van der Waals surface area contributed by atoms with Gasteiger partial charge in [-0.2, -0.15) is 8.78 Å². The van der Waals surface area contributed by atoms with Crippen molar-refractivity contribution in [3.63, 3.8) is 0 Å². The van der Waals surface area contributed by atoms with Crippen molar-refractivity contribution in [3.05, 3.63) is 76.2 Å². The van der Waals surface area contributed by atoms with Gasteiger partial charge in [-0.05, 0) is 60.4 Å². The van der Waals surface area contributed by atoms with Crippen LogP contribution in [0.5, 0.6) is 11.5 Å². The lowest BCUT2D eigenvalue weighted by Crippen LogP contribution is -2.11. The molecule has 5 nitrogen and oxygen atoms in total. The molecule has 164 valence electrons. The van der Waals surface area contributed by atoms with E-state index in [-0.39, 0.29) is 23.1 Å². The third-order valence-electron chi connectivity index (χ3n) is 4.45. The molecular formula is C23H22ClF2NO4.